The van der Waals surface area contributed by atoms with Gasteiger partial charge in [-0.3, -0.25) is 29.0 Å². The van der Waals surface area contributed by atoms with Gasteiger partial charge in [0, 0.05) is 50.0 Å². The maximum atomic E-state index is 12.9. The van der Waals surface area contributed by atoms with E-state index in [1.54, 1.807) is 22.5 Å². The van der Waals surface area contributed by atoms with E-state index in [1.165, 1.54) is 93.3 Å². The fourth-order valence-electron chi connectivity index (χ4n) is 7.72. The van der Waals surface area contributed by atoms with Gasteiger partial charge < -0.3 is 37.1 Å². The van der Waals surface area contributed by atoms with E-state index in [4.69, 9.17) is 26.9 Å². The van der Waals surface area contributed by atoms with E-state index in [1.807, 2.05) is 84.9 Å². The smallest absolute Gasteiger partial charge is 0.352 e. The molecule has 0 saturated carbocycles. The number of nitrogen functional groups attached to an aromatic ring is 2. The van der Waals surface area contributed by atoms with E-state index < -0.39 is 35.1 Å². The second-order valence-corrected chi connectivity index (χ2v) is 24.4. The predicted octanol–water partition coefficient (Wildman–Crippen LogP) is 7.06. The number of para-hydroxylation sites is 1. The van der Waals surface area contributed by atoms with Gasteiger partial charge >= 0.3 is 11.9 Å². The highest BCUT2D eigenvalue weighted by Gasteiger charge is 2.54. The standard InChI is InChI=1S/C21H20N4O5S3.C14H14N2O3S2.C13H10N4O2S3/c1-30-24-16(14-10-33-21(22)23-14)15(26)7-13-18(27)25-17(20(28)29)11(9-32-19(13)25)8-31-12-5-3-2-4-6-12;15-10-12(17)16-11(14(18)19)8(7-21-13(10)16)6-20-9-4-2-1-3-5-9;1-19-17-10(8-6-20-12(14)15-8)11(18)22-13-16-7-4-2-3-5-9(7)21-13/h2-6,10,13,19H,7-9H2,1H3,(H2,22,23)(H,28,29);1-5,10,13H,6-7,15H2,(H,18,19);2-6H,1H3,(H2,14,15)/b24-16+;;17-10-/t13-,19?;10-,13?;/m11./s1. The SMILES string of the molecule is CO/N=C(/C(=O)C[C@@H]1C(=O)N2C(C(=O)O)=C(CSc3ccccc3)CSC12)c1csc(N)n1.CO/N=C(\C(=O)Sc1nc2ccccc2s1)c1csc(N)n1.N[C@@H]1C(=O)N2C(C(=O)O)=C(CSc3ccccc3)CSC12. The number of thiazole rings is 3. The van der Waals surface area contributed by atoms with Crippen molar-refractivity contribution in [3.8, 4) is 0 Å². The quantitative estimate of drug-likeness (QED) is 0.0264. The number of oxime groups is 2. The molecule has 3 aromatic heterocycles. The van der Waals surface area contributed by atoms with Gasteiger partial charge in [-0.25, -0.2) is 24.5 Å². The molecule has 394 valence electrons. The van der Waals surface area contributed by atoms with Crippen molar-refractivity contribution in [2.45, 2.75) is 37.3 Å². The molecule has 4 aliphatic rings. The van der Waals surface area contributed by atoms with Gasteiger partial charge in [0.25, 0.3) is 0 Å². The zero-order chi connectivity index (χ0) is 54.0. The van der Waals surface area contributed by atoms with E-state index in [0.29, 0.717) is 43.7 Å². The molecule has 6 aromatic rings. The Morgan fingerprint density at radius 1 is 0.697 bits per heavy atom. The zero-order valence-corrected chi connectivity index (χ0v) is 46.4. The number of carboxylic acids is 2. The Morgan fingerprint density at radius 3 is 1.71 bits per heavy atom. The second-order valence-electron chi connectivity index (χ2n) is 16.0. The molecule has 0 aliphatic carbocycles. The van der Waals surface area contributed by atoms with Crippen LogP contribution >= 0.6 is 92.8 Å². The second kappa shape index (κ2) is 25.7. The molecule has 10 rings (SSSR count). The third-order valence-corrected chi connectivity index (χ3v) is 19.5. The molecule has 4 atom stereocenters. The Kier molecular flexibility index (Phi) is 19.0. The van der Waals surface area contributed by atoms with Gasteiger partial charge in [-0.1, -0.05) is 58.8 Å². The maximum Gasteiger partial charge on any atom is 0.352 e. The molecular weight excluding hydrogens is 1130 g/mol. The summed E-state index contributed by atoms with van der Waals surface area (Å²) in [5, 5.41) is 29.8. The molecule has 2 amide bonds. The molecule has 7 heterocycles. The van der Waals surface area contributed by atoms with Crippen LogP contribution in [-0.4, -0.2) is 135 Å². The van der Waals surface area contributed by atoms with Crippen LogP contribution in [0.2, 0.25) is 0 Å². The number of nitrogens with zero attached hydrogens (tertiary/aromatic N) is 7. The molecule has 2 saturated heterocycles. The van der Waals surface area contributed by atoms with Crippen LogP contribution in [0.3, 0.4) is 0 Å². The van der Waals surface area contributed by atoms with Crippen LogP contribution in [0.4, 0.5) is 10.3 Å². The van der Waals surface area contributed by atoms with E-state index >= 15 is 0 Å². The lowest BCUT2D eigenvalue weighted by atomic mass is 9.89. The monoisotopic (exact) mass is 1180 g/mol. The molecular formula is C48H44N10O10S8. The summed E-state index contributed by atoms with van der Waals surface area (Å²) in [6, 6.07) is 26.6. The minimum Gasteiger partial charge on any atom is -0.477 e. The first-order valence-electron chi connectivity index (χ1n) is 22.3. The lowest BCUT2D eigenvalue weighted by Crippen LogP contribution is -2.68. The van der Waals surface area contributed by atoms with Gasteiger partial charge in [0.1, 0.15) is 48.4 Å². The number of rotatable bonds is 17. The molecule has 8 N–H and O–H groups in total. The van der Waals surface area contributed by atoms with Crippen molar-refractivity contribution >= 4 is 159 Å². The number of aliphatic carboxylic acids is 2. The van der Waals surface area contributed by atoms with Gasteiger partial charge in [0.05, 0.1) is 21.5 Å². The summed E-state index contributed by atoms with van der Waals surface area (Å²) in [7, 11) is 2.69. The zero-order valence-electron chi connectivity index (χ0n) is 39.9. The van der Waals surface area contributed by atoms with Crippen molar-refractivity contribution in [3.63, 3.8) is 0 Å². The lowest BCUT2D eigenvalue weighted by molar-refractivity contribution is -0.153. The number of hydrogen-bond donors (Lipinski definition) is 5. The number of aromatic nitrogens is 3. The third kappa shape index (κ3) is 12.9. The summed E-state index contributed by atoms with van der Waals surface area (Å²) in [4.78, 5) is 100. The Morgan fingerprint density at radius 2 is 1.20 bits per heavy atom. The predicted molar refractivity (Wildman–Crippen MR) is 302 cm³/mol. The maximum absolute atomic E-state index is 12.9. The fraction of sp³-hybridized carbons (Fsp3) is 0.229. The molecule has 2 fully saturated rings. The molecule has 2 unspecified atom stereocenters. The highest BCUT2D eigenvalue weighted by atomic mass is 32.2. The van der Waals surface area contributed by atoms with Crippen molar-refractivity contribution in [1.82, 2.24) is 24.8 Å². The number of fused-ring (bicyclic) bond motifs is 3. The minimum absolute atomic E-state index is 0.00791. The highest BCUT2D eigenvalue weighted by molar-refractivity contribution is 8.16. The average Bonchev–Trinajstić information content (AvgIpc) is 4.18. The Labute approximate surface area is 467 Å². The van der Waals surface area contributed by atoms with Crippen molar-refractivity contribution < 1.29 is 48.7 Å². The van der Waals surface area contributed by atoms with Crippen LogP contribution in [0.25, 0.3) is 10.2 Å². The first kappa shape index (κ1) is 56.0. The molecule has 76 heavy (non-hydrogen) atoms. The Bertz CT molecular complexity index is 3260. The first-order chi connectivity index (χ1) is 36.7. The van der Waals surface area contributed by atoms with Gasteiger partial charge in [-0.05, 0) is 59.3 Å². The van der Waals surface area contributed by atoms with E-state index in [2.05, 4.69) is 25.3 Å². The number of anilines is 2. The van der Waals surface area contributed by atoms with Crippen molar-refractivity contribution in [2.75, 3.05) is 48.7 Å². The summed E-state index contributed by atoms with van der Waals surface area (Å²) in [5.41, 5.74) is 20.3. The summed E-state index contributed by atoms with van der Waals surface area (Å²) in [5.74, 6) is -1.82. The van der Waals surface area contributed by atoms with Gasteiger partial charge in [-0.2, -0.15) is 0 Å². The van der Waals surface area contributed by atoms with Crippen LogP contribution in [0.15, 0.2) is 143 Å². The summed E-state index contributed by atoms with van der Waals surface area (Å²) < 4.78 is 1.68. The number of nitrogens with two attached hydrogens (primary N) is 3. The number of thioether (sulfide) groups is 5. The van der Waals surface area contributed by atoms with Crippen LogP contribution in [0.1, 0.15) is 17.8 Å². The van der Waals surface area contributed by atoms with E-state index in [0.717, 1.165) is 37.3 Å². The first-order valence-corrected chi connectivity index (χ1v) is 29.8. The van der Waals surface area contributed by atoms with E-state index in [-0.39, 0.29) is 62.4 Å². The number of β-lactam (4-membered cyclic amide) rings is 2. The van der Waals surface area contributed by atoms with Gasteiger partial charge in [-0.15, -0.1) is 81.1 Å². The summed E-state index contributed by atoms with van der Waals surface area (Å²) >= 11 is 11.0. The number of carboxylic acid groups (broad SMARTS) is 2. The number of carbonyl (C=O) groups excluding carboxylic acids is 4. The summed E-state index contributed by atoms with van der Waals surface area (Å²) in [6.45, 7) is 0. The van der Waals surface area contributed by atoms with Crippen LogP contribution in [-0.2, 0) is 38.4 Å². The number of hydrogen-bond acceptors (Lipinski definition) is 24. The van der Waals surface area contributed by atoms with E-state index in [9.17, 15) is 39.0 Å². The molecule has 0 spiro atoms. The lowest BCUT2D eigenvalue weighted by Gasteiger charge is -2.49. The molecule has 3 aromatic carbocycles. The number of Topliss-reactive ketones (excluding diaryl/α,β-unsaturated/α-hetero) is 1. The van der Waals surface area contributed by atoms with Crippen molar-refractivity contribution in [1.29, 1.82) is 0 Å². The third-order valence-electron chi connectivity index (χ3n) is 11.2. The topological polar surface area (TPSA) is 309 Å². The fourth-order valence-corrected chi connectivity index (χ4v) is 15.5. The number of benzene rings is 3. The Hall–Kier alpha value is -6.24. The Balaban J connectivity index is 0.000000157. The van der Waals surface area contributed by atoms with Gasteiger partial charge in [0.15, 0.2) is 31.8 Å². The normalized spacial score (nSPS) is 19.0. The molecule has 4 aliphatic heterocycles. The number of carbonyl (C=O) groups is 6. The molecule has 0 bridgehead atoms. The van der Waals surface area contributed by atoms with Gasteiger partial charge in [0.2, 0.25) is 16.9 Å². The van der Waals surface area contributed by atoms with Crippen molar-refractivity contribution in [3.05, 3.63) is 130 Å². The van der Waals surface area contributed by atoms with Crippen LogP contribution in [0.5, 0.6) is 0 Å². The van der Waals surface area contributed by atoms with Crippen molar-refractivity contribution in [2.24, 2.45) is 22.0 Å². The van der Waals surface area contributed by atoms with Crippen LogP contribution < -0.4 is 17.2 Å². The molecule has 20 nitrogen and oxygen atoms in total. The van der Waals surface area contributed by atoms with Crippen LogP contribution in [0, 0.1) is 5.92 Å². The minimum atomic E-state index is -1.14. The average molecular weight is 1180 g/mol. The summed E-state index contributed by atoms with van der Waals surface area (Å²) in [6.07, 6.45) is -0.117. The molecule has 0 radical (unpaired) electrons. The number of ketones is 1. The highest BCUT2D eigenvalue weighted by Crippen LogP contribution is 2.46. The number of amides is 2. The largest absolute Gasteiger partial charge is 0.477 e. The molecule has 28 heteroatoms.